The average molecular weight is 386 g/mol. The molecule has 1 aromatic carbocycles. The van der Waals surface area contributed by atoms with E-state index in [9.17, 15) is 13.2 Å². The van der Waals surface area contributed by atoms with Gasteiger partial charge in [0.2, 0.25) is 10.0 Å². The number of nitrogens with zero attached hydrogens (tertiary/aromatic N) is 2. The lowest BCUT2D eigenvalue weighted by atomic mass is 10.2. The summed E-state index contributed by atoms with van der Waals surface area (Å²) >= 11 is 1.42. The highest BCUT2D eigenvalue weighted by Gasteiger charge is 2.10. The first-order valence-electron chi connectivity index (χ1n) is 7.06. The first-order valence-corrected chi connectivity index (χ1v) is 9.94. The Morgan fingerprint density at radius 2 is 2.20 bits per heavy atom. The van der Waals surface area contributed by atoms with E-state index in [1.54, 1.807) is 12.1 Å². The van der Waals surface area contributed by atoms with Crippen molar-refractivity contribution in [3.8, 4) is 5.75 Å². The van der Waals surface area contributed by atoms with Crippen molar-refractivity contribution in [1.82, 2.24) is 20.5 Å². The van der Waals surface area contributed by atoms with Crippen LogP contribution in [0.15, 0.2) is 29.7 Å². The number of H-pyrrole nitrogens is 1. The number of amides is 2. The zero-order chi connectivity index (χ0) is 18.3. The van der Waals surface area contributed by atoms with Crippen LogP contribution in [0.2, 0.25) is 0 Å². The minimum absolute atomic E-state index is 0.240. The number of thioether (sulfide) groups is 1. The molecule has 0 bridgehead atoms. The van der Waals surface area contributed by atoms with Crippen molar-refractivity contribution >= 4 is 39.2 Å². The van der Waals surface area contributed by atoms with Crippen LogP contribution in [0.25, 0.3) is 0 Å². The molecular formula is C13H18N6O4S2. The van der Waals surface area contributed by atoms with E-state index in [0.29, 0.717) is 28.9 Å². The predicted molar refractivity (Wildman–Crippen MR) is 95.6 cm³/mol. The molecular weight excluding hydrogens is 368 g/mol. The fourth-order valence-electron chi connectivity index (χ4n) is 1.82. The first kappa shape index (κ1) is 18.9. The van der Waals surface area contributed by atoms with E-state index in [1.165, 1.54) is 31.3 Å². The summed E-state index contributed by atoms with van der Waals surface area (Å²) in [6, 6.07) is 4.23. The average Bonchev–Trinajstić information content (AvgIpc) is 3.04. The minimum atomic E-state index is -3.47. The second-order valence-electron chi connectivity index (χ2n) is 4.81. The predicted octanol–water partition coefficient (Wildman–Crippen LogP) is 1.10. The van der Waals surface area contributed by atoms with Gasteiger partial charge in [-0.15, -0.1) is 0 Å². The van der Waals surface area contributed by atoms with Crippen LogP contribution in [0, 0.1) is 0 Å². The number of urea groups is 1. The maximum Gasteiger partial charge on any atom is 0.319 e. The van der Waals surface area contributed by atoms with Gasteiger partial charge in [0.25, 0.3) is 0 Å². The molecule has 2 rings (SSSR count). The molecule has 0 fully saturated rings. The molecule has 0 radical (unpaired) electrons. The Balaban J connectivity index is 1.88. The van der Waals surface area contributed by atoms with Gasteiger partial charge in [-0.05, 0) is 18.2 Å². The van der Waals surface area contributed by atoms with Crippen molar-refractivity contribution in [3.63, 3.8) is 0 Å². The van der Waals surface area contributed by atoms with Gasteiger partial charge in [0.05, 0.1) is 19.1 Å². The molecule has 12 heteroatoms. The third-order valence-corrected chi connectivity index (χ3v) is 4.24. The number of hydrogen-bond acceptors (Lipinski definition) is 7. The number of nitrogens with one attached hydrogen (secondary N) is 4. The number of aromatic amines is 1. The van der Waals surface area contributed by atoms with Gasteiger partial charge in [-0.1, -0.05) is 11.8 Å². The Morgan fingerprint density at radius 1 is 1.40 bits per heavy atom. The normalized spacial score (nSPS) is 11.0. The van der Waals surface area contributed by atoms with E-state index in [1.807, 2.05) is 0 Å². The van der Waals surface area contributed by atoms with Crippen molar-refractivity contribution in [2.24, 2.45) is 0 Å². The molecule has 0 atom stereocenters. The Kier molecular flexibility index (Phi) is 6.47. The molecule has 0 saturated heterocycles. The zero-order valence-corrected chi connectivity index (χ0v) is 15.2. The minimum Gasteiger partial charge on any atom is -0.495 e. The fourth-order valence-corrected chi connectivity index (χ4v) is 3.01. The second kappa shape index (κ2) is 8.58. The molecule has 4 N–H and O–H groups in total. The lowest BCUT2D eigenvalue weighted by Crippen LogP contribution is -2.30. The number of ether oxygens (including phenoxy) is 1. The van der Waals surface area contributed by atoms with Crippen LogP contribution in [0.4, 0.5) is 16.2 Å². The van der Waals surface area contributed by atoms with Gasteiger partial charge < -0.3 is 15.4 Å². The monoisotopic (exact) mass is 386 g/mol. The van der Waals surface area contributed by atoms with Crippen LogP contribution >= 0.6 is 11.8 Å². The maximum absolute atomic E-state index is 11.9. The number of aromatic nitrogens is 3. The number of carbonyl (C=O) groups is 1. The van der Waals surface area contributed by atoms with Crippen LogP contribution in [0.1, 0.15) is 0 Å². The van der Waals surface area contributed by atoms with Crippen molar-refractivity contribution < 1.29 is 17.9 Å². The van der Waals surface area contributed by atoms with E-state index in [4.69, 9.17) is 4.74 Å². The van der Waals surface area contributed by atoms with Crippen molar-refractivity contribution in [3.05, 3.63) is 24.5 Å². The molecule has 0 aliphatic carbocycles. The molecule has 1 heterocycles. The standard InChI is InChI=1S/C13H18N6O4S2/c1-23-11-4-3-9(7-10(11)19-25(2,21)22)17-12(20)14-5-6-24-13-15-8-16-18-13/h3-4,7-8,19H,5-6H2,1-2H3,(H2,14,17,20)(H,15,16,18). The summed E-state index contributed by atoms with van der Waals surface area (Å²) in [6.07, 6.45) is 2.44. The summed E-state index contributed by atoms with van der Waals surface area (Å²) in [4.78, 5) is 15.8. The van der Waals surface area contributed by atoms with Gasteiger partial charge in [0.15, 0.2) is 5.16 Å². The molecule has 0 spiro atoms. The molecule has 0 aliphatic heterocycles. The largest absolute Gasteiger partial charge is 0.495 e. The number of hydrogen-bond donors (Lipinski definition) is 4. The van der Waals surface area contributed by atoms with Gasteiger partial charge in [0, 0.05) is 18.0 Å². The molecule has 0 unspecified atom stereocenters. The fraction of sp³-hybridized carbons (Fsp3) is 0.308. The summed E-state index contributed by atoms with van der Waals surface area (Å²) < 4.78 is 30.2. The molecule has 0 aliphatic rings. The second-order valence-corrected chi connectivity index (χ2v) is 7.64. The Labute approximate surface area is 149 Å². The van der Waals surface area contributed by atoms with Gasteiger partial charge in [-0.25, -0.2) is 18.2 Å². The number of benzene rings is 1. The van der Waals surface area contributed by atoms with E-state index in [2.05, 4.69) is 30.5 Å². The molecule has 136 valence electrons. The molecule has 25 heavy (non-hydrogen) atoms. The number of rotatable bonds is 8. The summed E-state index contributed by atoms with van der Waals surface area (Å²) in [7, 11) is -2.04. The summed E-state index contributed by atoms with van der Waals surface area (Å²) in [5, 5.41) is 12.4. The van der Waals surface area contributed by atoms with Gasteiger partial charge in [0.1, 0.15) is 12.1 Å². The molecule has 0 saturated carbocycles. The zero-order valence-electron chi connectivity index (χ0n) is 13.6. The van der Waals surface area contributed by atoms with Crippen LogP contribution in [-0.2, 0) is 10.0 Å². The highest BCUT2D eigenvalue weighted by atomic mass is 32.2. The summed E-state index contributed by atoms with van der Waals surface area (Å²) in [6.45, 7) is 0.418. The molecule has 2 aromatic rings. The van der Waals surface area contributed by atoms with E-state index < -0.39 is 16.1 Å². The molecule has 1 aromatic heterocycles. The third-order valence-electron chi connectivity index (χ3n) is 2.77. The van der Waals surface area contributed by atoms with Crippen molar-refractivity contribution in [2.45, 2.75) is 5.16 Å². The Bertz CT molecular complexity index is 810. The highest BCUT2D eigenvalue weighted by molar-refractivity contribution is 7.99. The van der Waals surface area contributed by atoms with E-state index in [0.717, 1.165) is 6.26 Å². The smallest absolute Gasteiger partial charge is 0.319 e. The Hall–Kier alpha value is -2.47. The Morgan fingerprint density at radius 3 is 2.84 bits per heavy atom. The lowest BCUT2D eigenvalue weighted by Gasteiger charge is -2.12. The van der Waals surface area contributed by atoms with Crippen molar-refractivity contribution in [2.75, 3.05) is 35.7 Å². The number of carbonyl (C=O) groups excluding carboxylic acids is 1. The van der Waals surface area contributed by atoms with Crippen LogP contribution in [0.3, 0.4) is 0 Å². The quantitative estimate of drug-likeness (QED) is 0.394. The van der Waals surface area contributed by atoms with Crippen LogP contribution in [0.5, 0.6) is 5.75 Å². The molecule has 2 amide bonds. The van der Waals surface area contributed by atoms with E-state index in [-0.39, 0.29) is 5.69 Å². The summed E-state index contributed by atoms with van der Waals surface area (Å²) in [5.74, 6) is 0.964. The van der Waals surface area contributed by atoms with Gasteiger partial charge >= 0.3 is 6.03 Å². The van der Waals surface area contributed by atoms with Crippen molar-refractivity contribution in [1.29, 1.82) is 0 Å². The number of sulfonamides is 1. The molecule has 10 nitrogen and oxygen atoms in total. The summed E-state index contributed by atoms with van der Waals surface area (Å²) in [5.41, 5.74) is 0.663. The topological polar surface area (TPSA) is 138 Å². The lowest BCUT2D eigenvalue weighted by molar-refractivity contribution is 0.252. The number of methoxy groups -OCH3 is 1. The highest BCUT2D eigenvalue weighted by Crippen LogP contribution is 2.28. The van der Waals surface area contributed by atoms with Gasteiger partial charge in [-0.2, -0.15) is 5.10 Å². The third kappa shape index (κ3) is 6.51. The first-order chi connectivity index (χ1) is 11.9. The SMILES string of the molecule is COc1ccc(NC(=O)NCCSc2ncn[nH]2)cc1NS(C)(=O)=O. The van der Waals surface area contributed by atoms with Crippen LogP contribution in [-0.4, -0.2) is 55.3 Å². The number of anilines is 2. The maximum atomic E-state index is 11.9. The van der Waals surface area contributed by atoms with Crippen LogP contribution < -0.4 is 20.1 Å². The van der Waals surface area contributed by atoms with E-state index >= 15 is 0 Å². The van der Waals surface area contributed by atoms with Gasteiger partial charge in [-0.3, -0.25) is 9.82 Å².